The molecule has 0 aliphatic rings. The van der Waals surface area contributed by atoms with Gasteiger partial charge in [0.1, 0.15) is 0 Å². The maximum atomic E-state index is 6.01. The van der Waals surface area contributed by atoms with Gasteiger partial charge in [-0.05, 0) is 37.3 Å². The fourth-order valence-electron chi connectivity index (χ4n) is 2.08. The Hall–Kier alpha value is -1.52. The van der Waals surface area contributed by atoms with Crippen molar-refractivity contribution in [2.75, 3.05) is 5.73 Å². The summed E-state index contributed by atoms with van der Waals surface area (Å²) in [6.45, 7) is 2.97. The molecular formula is C13H12ClN3S. The molecule has 1 aromatic carbocycles. The minimum absolute atomic E-state index is 0.709. The fraction of sp³-hybridized carbons (Fsp3) is 0.154. The molecule has 0 spiro atoms. The number of rotatable bonds is 2. The lowest BCUT2D eigenvalue weighted by Gasteiger charge is -2.03. The molecular weight excluding hydrogens is 266 g/mol. The van der Waals surface area contributed by atoms with E-state index < -0.39 is 0 Å². The van der Waals surface area contributed by atoms with E-state index in [1.807, 2.05) is 30.3 Å². The maximum Gasteiger partial charge on any atom is 0.151 e. The maximum absolute atomic E-state index is 6.01. The van der Waals surface area contributed by atoms with Crippen LogP contribution in [0.3, 0.4) is 0 Å². The third-order valence-corrected chi connectivity index (χ3v) is 4.02. The predicted octanol–water partition coefficient (Wildman–Crippen LogP) is 4.02. The first kappa shape index (κ1) is 11.6. The van der Waals surface area contributed by atoms with Gasteiger partial charge in [0.05, 0.1) is 20.9 Å². The number of fused-ring (bicyclic) bond motifs is 1. The summed E-state index contributed by atoms with van der Waals surface area (Å²) in [4.78, 5) is 5.75. The number of hydrogen-bond donors (Lipinski definition) is 1. The smallest absolute Gasteiger partial charge is 0.151 e. The van der Waals surface area contributed by atoms with Crippen LogP contribution in [0.1, 0.15) is 6.92 Å². The Morgan fingerprint density at radius 3 is 2.83 bits per heavy atom. The number of imidazole rings is 1. The van der Waals surface area contributed by atoms with Gasteiger partial charge in [0.2, 0.25) is 0 Å². The monoisotopic (exact) mass is 277 g/mol. The van der Waals surface area contributed by atoms with Gasteiger partial charge in [0.25, 0.3) is 0 Å². The lowest BCUT2D eigenvalue weighted by atomic mass is 10.3. The molecule has 2 heterocycles. The fourth-order valence-corrected chi connectivity index (χ4v) is 3.02. The van der Waals surface area contributed by atoms with E-state index in [1.165, 1.54) is 0 Å². The number of thiophene rings is 1. The molecule has 3 rings (SSSR count). The van der Waals surface area contributed by atoms with E-state index in [2.05, 4.69) is 16.5 Å². The summed E-state index contributed by atoms with van der Waals surface area (Å²) in [5.41, 5.74) is 7.81. The van der Waals surface area contributed by atoms with Gasteiger partial charge >= 0.3 is 0 Å². The van der Waals surface area contributed by atoms with Gasteiger partial charge in [-0.3, -0.25) is 0 Å². The number of anilines is 1. The third-order valence-electron chi connectivity index (χ3n) is 2.87. The first-order valence-corrected chi connectivity index (χ1v) is 6.90. The molecule has 0 saturated carbocycles. The molecule has 5 heteroatoms. The van der Waals surface area contributed by atoms with Crippen molar-refractivity contribution in [1.82, 2.24) is 9.55 Å². The Labute approximate surface area is 114 Å². The SMILES string of the molecule is CCn1c(-c2ccc(N)s2)nc2cc(Cl)ccc21. The van der Waals surface area contributed by atoms with Crippen molar-refractivity contribution in [2.24, 2.45) is 0 Å². The van der Waals surface area contributed by atoms with E-state index in [9.17, 15) is 0 Å². The van der Waals surface area contributed by atoms with Crippen LogP contribution in [0.15, 0.2) is 30.3 Å². The van der Waals surface area contributed by atoms with E-state index in [0.717, 1.165) is 33.3 Å². The zero-order chi connectivity index (χ0) is 12.7. The van der Waals surface area contributed by atoms with Crippen LogP contribution >= 0.6 is 22.9 Å². The van der Waals surface area contributed by atoms with E-state index in [0.29, 0.717) is 5.02 Å². The Kier molecular flexibility index (Phi) is 2.76. The lowest BCUT2D eigenvalue weighted by Crippen LogP contribution is -1.95. The molecule has 92 valence electrons. The second-order valence-corrected chi connectivity index (χ2v) is 5.57. The second-order valence-electron chi connectivity index (χ2n) is 4.01. The normalized spacial score (nSPS) is 11.2. The Morgan fingerprint density at radius 1 is 1.33 bits per heavy atom. The summed E-state index contributed by atoms with van der Waals surface area (Å²) >= 11 is 7.56. The number of aromatic nitrogens is 2. The molecule has 0 radical (unpaired) electrons. The minimum atomic E-state index is 0.709. The summed E-state index contributed by atoms with van der Waals surface area (Å²) in [6, 6.07) is 9.71. The van der Waals surface area contributed by atoms with Crippen LogP contribution < -0.4 is 5.73 Å². The molecule has 2 N–H and O–H groups in total. The Bertz CT molecular complexity index is 714. The number of nitrogens with zero attached hydrogens (tertiary/aromatic N) is 2. The van der Waals surface area contributed by atoms with Crippen LogP contribution in [-0.2, 0) is 6.54 Å². The second kappa shape index (κ2) is 4.30. The largest absolute Gasteiger partial charge is 0.391 e. The minimum Gasteiger partial charge on any atom is -0.391 e. The molecule has 2 aromatic heterocycles. The number of halogens is 1. The third kappa shape index (κ3) is 1.78. The van der Waals surface area contributed by atoms with Crippen molar-refractivity contribution in [3.63, 3.8) is 0 Å². The number of benzene rings is 1. The van der Waals surface area contributed by atoms with Gasteiger partial charge in [0.15, 0.2) is 5.82 Å². The van der Waals surface area contributed by atoms with Crippen LogP contribution in [-0.4, -0.2) is 9.55 Å². The van der Waals surface area contributed by atoms with Crippen molar-refractivity contribution in [2.45, 2.75) is 13.5 Å². The Morgan fingerprint density at radius 2 is 2.17 bits per heavy atom. The highest BCUT2D eigenvalue weighted by Crippen LogP contribution is 2.32. The summed E-state index contributed by atoms with van der Waals surface area (Å²) < 4.78 is 2.18. The molecule has 0 bridgehead atoms. The van der Waals surface area contributed by atoms with Crippen LogP contribution in [0.4, 0.5) is 5.00 Å². The molecule has 0 atom stereocenters. The highest BCUT2D eigenvalue weighted by Gasteiger charge is 2.13. The van der Waals surface area contributed by atoms with Gasteiger partial charge < -0.3 is 10.3 Å². The summed E-state index contributed by atoms with van der Waals surface area (Å²) in [7, 11) is 0. The van der Waals surface area contributed by atoms with Gasteiger partial charge in [0, 0.05) is 11.6 Å². The van der Waals surface area contributed by atoms with E-state index in [4.69, 9.17) is 17.3 Å². The zero-order valence-corrected chi connectivity index (χ0v) is 11.4. The average Bonchev–Trinajstić information content (AvgIpc) is 2.91. The molecule has 0 amide bonds. The molecule has 0 aliphatic carbocycles. The molecule has 0 fully saturated rings. The van der Waals surface area contributed by atoms with Crippen molar-refractivity contribution >= 4 is 39.0 Å². The van der Waals surface area contributed by atoms with Gasteiger partial charge in [-0.2, -0.15) is 0 Å². The standard InChI is InChI=1S/C13H12ClN3S/c1-2-17-10-4-3-8(14)7-9(10)16-13(17)11-5-6-12(15)18-11/h3-7H,2,15H2,1H3. The number of nitrogens with two attached hydrogens (primary N) is 1. The Balaban J connectivity index is 2.28. The molecule has 0 saturated heterocycles. The topological polar surface area (TPSA) is 43.8 Å². The first-order valence-electron chi connectivity index (χ1n) is 5.70. The quantitative estimate of drug-likeness (QED) is 0.769. The molecule has 18 heavy (non-hydrogen) atoms. The number of nitrogen functional groups attached to an aromatic ring is 1. The molecule has 0 aliphatic heterocycles. The highest BCUT2D eigenvalue weighted by molar-refractivity contribution is 7.19. The summed E-state index contributed by atoms with van der Waals surface area (Å²) in [6.07, 6.45) is 0. The van der Waals surface area contributed by atoms with Crippen LogP contribution in [0.5, 0.6) is 0 Å². The number of hydrogen-bond acceptors (Lipinski definition) is 3. The van der Waals surface area contributed by atoms with Crippen LogP contribution in [0.2, 0.25) is 5.02 Å². The predicted molar refractivity (Wildman–Crippen MR) is 78.1 cm³/mol. The first-order chi connectivity index (χ1) is 8.69. The number of aryl methyl sites for hydroxylation is 1. The van der Waals surface area contributed by atoms with E-state index in [-0.39, 0.29) is 0 Å². The summed E-state index contributed by atoms with van der Waals surface area (Å²) in [5, 5.41) is 1.51. The van der Waals surface area contributed by atoms with E-state index in [1.54, 1.807) is 11.3 Å². The van der Waals surface area contributed by atoms with Crippen molar-refractivity contribution in [3.8, 4) is 10.7 Å². The molecule has 3 aromatic rings. The molecule has 3 nitrogen and oxygen atoms in total. The van der Waals surface area contributed by atoms with E-state index >= 15 is 0 Å². The zero-order valence-electron chi connectivity index (χ0n) is 9.85. The summed E-state index contributed by atoms with van der Waals surface area (Å²) in [5.74, 6) is 0.955. The van der Waals surface area contributed by atoms with Crippen molar-refractivity contribution in [3.05, 3.63) is 35.4 Å². The van der Waals surface area contributed by atoms with Gasteiger partial charge in [-0.25, -0.2) is 4.98 Å². The van der Waals surface area contributed by atoms with Crippen molar-refractivity contribution < 1.29 is 0 Å². The molecule has 0 unspecified atom stereocenters. The van der Waals surface area contributed by atoms with Gasteiger partial charge in [-0.15, -0.1) is 11.3 Å². The lowest BCUT2D eigenvalue weighted by molar-refractivity contribution is 0.798. The highest BCUT2D eigenvalue weighted by atomic mass is 35.5. The average molecular weight is 278 g/mol. The van der Waals surface area contributed by atoms with Crippen molar-refractivity contribution in [1.29, 1.82) is 0 Å². The van der Waals surface area contributed by atoms with Crippen LogP contribution in [0.25, 0.3) is 21.7 Å². The van der Waals surface area contributed by atoms with Crippen LogP contribution in [0, 0.1) is 0 Å². The van der Waals surface area contributed by atoms with Gasteiger partial charge in [-0.1, -0.05) is 11.6 Å².